The number of carbonyl (C=O) groups excluding carboxylic acids is 5. The van der Waals surface area contributed by atoms with Gasteiger partial charge in [0.25, 0.3) is 0 Å². The lowest BCUT2D eigenvalue weighted by atomic mass is 10.2. The third kappa shape index (κ3) is 9.92. The Balaban J connectivity index is 2.30. The molecule has 15 nitrogen and oxygen atoms in total. The number of nitrogens with zero attached hydrogens (tertiary/aromatic N) is 2. The first kappa shape index (κ1) is 31.0. The Labute approximate surface area is 227 Å². The standard InChI is InChI=1S/C25H28N2O13/c1-15-5-6-16(26(10-20(28)29)11-21(30)31)19(9-15)39-8-7-38-17-3-2-4-18(40-14-24(36)37)25(17)27(12-22(32)33)13-23(34)35/h2-6,9H,7-8,10-14H2,1H3,(H,28,29)(H,30,31)(H,32,33)(H,34,35)(H,36,37)/p-5. The number of carboxylic acid groups (broad SMARTS) is 5. The molecule has 216 valence electrons. The zero-order valence-corrected chi connectivity index (χ0v) is 21.1. The number of hydrogen-bond donors (Lipinski definition) is 0. The molecule has 0 aliphatic rings. The molecule has 0 aromatic heterocycles. The van der Waals surface area contributed by atoms with Crippen LogP contribution in [0.2, 0.25) is 0 Å². The monoisotopic (exact) mass is 559 g/mol. The highest BCUT2D eigenvalue weighted by Crippen LogP contribution is 2.38. The summed E-state index contributed by atoms with van der Waals surface area (Å²) in [4.78, 5) is 57.4. The van der Waals surface area contributed by atoms with Crippen LogP contribution in [0.5, 0.6) is 17.2 Å². The molecule has 0 radical (unpaired) electrons. The summed E-state index contributed by atoms with van der Waals surface area (Å²) in [5.74, 6) is -8.23. The van der Waals surface area contributed by atoms with E-state index >= 15 is 0 Å². The molecule has 0 saturated heterocycles. The zero-order chi connectivity index (χ0) is 29.8. The largest absolute Gasteiger partial charge is 0.548 e. The second-order valence-electron chi connectivity index (χ2n) is 8.13. The molecular formula is C25H23N2O13-5. The van der Waals surface area contributed by atoms with E-state index in [1.54, 1.807) is 13.0 Å². The third-order valence-electron chi connectivity index (χ3n) is 4.96. The smallest absolute Gasteiger partial charge is 0.147 e. The fraction of sp³-hybridized carbons (Fsp3) is 0.320. The maximum Gasteiger partial charge on any atom is 0.147 e. The van der Waals surface area contributed by atoms with Crippen LogP contribution < -0.4 is 49.5 Å². The molecule has 2 aromatic rings. The van der Waals surface area contributed by atoms with Gasteiger partial charge in [-0.2, -0.15) is 0 Å². The van der Waals surface area contributed by atoms with Gasteiger partial charge in [-0.3, -0.25) is 0 Å². The Morgan fingerprint density at radius 2 is 1.10 bits per heavy atom. The molecule has 0 spiro atoms. The van der Waals surface area contributed by atoms with Gasteiger partial charge in [0.2, 0.25) is 0 Å². The first-order chi connectivity index (χ1) is 18.9. The van der Waals surface area contributed by atoms with Crippen molar-refractivity contribution in [2.45, 2.75) is 6.92 Å². The molecule has 0 aliphatic carbocycles. The number of carbonyl (C=O) groups is 5. The highest BCUT2D eigenvalue weighted by atomic mass is 16.5. The molecular weight excluding hydrogens is 536 g/mol. The van der Waals surface area contributed by atoms with Gasteiger partial charge in [0, 0.05) is 0 Å². The number of para-hydroxylation sites is 1. The van der Waals surface area contributed by atoms with Crippen LogP contribution >= 0.6 is 0 Å². The molecule has 0 N–H and O–H groups in total. The van der Waals surface area contributed by atoms with E-state index < -0.39 is 62.6 Å². The van der Waals surface area contributed by atoms with Gasteiger partial charge in [-0.05, 0) is 36.8 Å². The first-order valence-corrected chi connectivity index (χ1v) is 11.5. The molecule has 0 aliphatic heterocycles. The van der Waals surface area contributed by atoms with Gasteiger partial charge in [0.15, 0.2) is 0 Å². The number of ether oxygens (including phenoxy) is 3. The number of benzene rings is 2. The Morgan fingerprint density at radius 3 is 1.60 bits per heavy atom. The maximum absolute atomic E-state index is 11.3. The molecule has 0 bridgehead atoms. The van der Waals surface area contributed by atoms with Crippen molar-refractivity contribution in [1.82, 2.24) is 0 Å². The number of anilines is 2. The molecule has 40 heavy (non-hydrogen) atoms. The lowest BCUT2D eigenvalue weighted by molar-refractivity contribution is -0.308. The second kappa shape index (κ2) is 14.7. The van der Waals surface area contributed by atoms with Crippen LogP contribution in [0.3, 0.4) is 0 Å². The molecule has 2 aromatic carbocycles. The van der Waals surface area contributed by atoms with E-state index in [-0.39, 0.29) is 41.8 Å². The number of hydrogen-bond acceptors (Lipinski definition) is 15. The van der Waals surface area contributed by atoms with E-state index in [1.165, 1.54) is 30.3 Å². The summed E-state index contributed by atoms with van der Waals surface area (Å²) in [5, 5.41) is 55.7. The van der Waals surface area contributed by atoms with Gasteiger partial charge in [-0.1, -0.05) is 12.1 Å². The maximum atomic E-state index is 11.3. The van der Waals surface area contributed by atoms with Gasteiger partial charge in [0.05, 0.1) is 61.7 Å². The lowest BCUT2D eigenvalue weighted by Crippen LogP contribution is -2.44. The summed E-state index contributed by atoms with van der Waals surface area (Å²) in [6.45, 7) is -3.10. The van der Waals surface area contributed by atoms with Crippen molar-refractivity contribution in [1.29, 1.82) is 0 Å². The Hall–Kier alpha value is -5.21. The van der Waals surface area contributed by atoms with E-state index in [2.05, 4.69) is 0 Å². The third-order valence-corrected chi connectivity index (χ3v) is 4.96. The van der Waals surface area contributed by atoms with Crippen LogP contribution in [0.15, 0.2) is 36.4 Å². The molecule has 0 amide bonds. The average molecular weight is 559 g/mol. The fourth-order valence-electron chi connectivity index (χ4n) is 3.55. The van der Waals surface area contributed by atoms with Crippen molar-refractivity contribution in [3.63, 3.8) is 0 Å². The molecule has 2 rings (SSSR count). The normalized spacial score (nSPS) is 10.3. The summed E-state index contributed by atoms with van der Waals surface area (Å²) in [6, 6.07) is 8.53. The highest BCUT2D eigenvalue weighted by Gasteiger charge is 2.20. The van der Waals surface area contributed by atoms with Crippen LogP contribution in [0.1, 0.15) is 5.56 Å². The van der Waals surface area contributed by atoms with Crippen molar-refractivity contribution >= 4 is 41.2 Å². The van der Waals surface area contributed by atoms with Crippen LogP contribution in [0.25, 0.3) is 0 Å². The molecule has 0 atom stereocenters. The highest BCUT2D eigenvalue weighted by molar-refractivity contribution is 5.82. The van der Waals surface area contributed by atoms with Gasteiger partial charge >= 0.3 is 0 Å². The Kier molecular flexibility index (Phi) is 11.4. The zero-order valence-electron chi connectivity index (χ0n) is 21.1. The summed E-state index contributed by atoms with van der Waals surface area (Å²) >= 11 is 0. The van der Waals surface area contributed by atoms with E-state index in [9.17, 15) is 49.5 Å². The molecule has 0 heterocycles. The lowest BCUT2D eigenvalue weighted by Gasteiger charge is -2.29. The summed E-state index contributed by atoms with van der Waals surface area (Å²) in [5.41, 5.74) is 0.593. The minimum absolute atomic E-state index is 0.105. The summed E-state index contributed by atoms with van der Waals surface area (Å²) in [7, 11) is 0. The van der Waals surface area contributed by atoms with Gasteiger partial charge in [-0.25, -0.2) is 0 Å². The first-order valence-electron chi connectivity index (χ1n) is 11.5. The molecule has 15 heteroatoms. The Morgan fingerprint density at radius 1 is 0.625 bits per heavy atom. The van der Waals surface area contributed by atoms with Crippen LogP contribution in [0, 0.1) is 6.92 Å². The Bertz CT molecular complexity index is 1220. The quantitative estimate of drug-likeness (QED) is 0.155. The van der Waals surface area contributed by atoms with Crippen molar-refractivity contribution < 1.29 is 63.7 Å². The van der Waals surface area contributed by atoms with Gasteiger partial charge < -0.3 is 73.5 Å². The number of aryl methyl sites for hydroxylation is 1. The van der Waals surface area contributed by atoms with Crippen LogP contribution in [-0.4, -0.2) is 75.8 Å². The number of carboxylic acids is 5. The summed E-state index contributed by atoms with van der Waals surface area (Å²) < 4.78 is 16.5. The number of rotatable bonds is 18. The van der Waals surface area contributed by atoms with E-state index in [1.807, 2.05) is 0 Å². The van der Waals surface area contributed by atoms with E-state index in [4.69, 9.17) is 14.2 Å². The number of aliphatic carboxylic acids is 5. The second-order valence-corrected chi connectivity index (χ2v) is 8.13. The topological polar surface area (TPSA) is 235 Å². The van der Waals surface area contributed by atoms with E-state index in [0.717, 1.165) is 9.80 Å². The van der Waals surface area contributed by atoms with Crippen molar-refractivity contribution in [2.75, 3.05) is 55.8 Å². The SMILES string of the molecule is Cc1ccc(N(CC(=O)[O-])CC(=O)[O-])c(OCCOc2cccc(OCC(=O)[O-])c2N(CC(=O)[O-])CC(=O)[O-])c1. The van der Waals surface area contributed by atoms with Crippen molar-refractivity contribution in [3.8, 4) is 17.2 Å². The summed E-state index contributed by atoms with van der Waals surface area (Å²) in [6.07, 6.45) is 0. The van der Waals surface area contributed by atoms with Gasteiger partial charge in [0.1, 0.15) is 42.8 Å². The van der Waals surface area contributed by atoms with Crippen LogP contribution in [-0.2, 0) is 24.0 Å². The van der Waals surface area contributed by atoms with E-state index in [0.29, 0.717) is 5.56 Å². The van der Waals surface area contributed by atoms with Crippen molar-refractivity contribution in [3.05, 3.63) is 42.0 Å². The fourth-order valence-corrected chi connectivity index (χ4v) is 3.55. The predicted octanol–water partition coefficient (Wildman–Crippen LogP) is -5.81. The van der Waals surface area contributed by atoms with Crippen LogP contribution in [0.4, 0.5) is 11.4 Å². The molecule has 0 unspecified atom stereocenters. The minimum Gasteiger partial charge on any atom is -0.548 e. The predicted molar refractivity (Wildman–Crippen MR) is 124 cm³/mol. The molecule has 0 saturated carbocycles. The average Bonchev–Trinajstić information content (AvgIpc) is 2.83. The molecule has 0 fully saturated rings. The van der Waals surface area contributed by atoms with Crippen molar-refractivity contribution in [2.24, 2.45) is 0 Å². The minimum atomic E-state index is -1.66. The van der Waals surface area contributed by atoms with Gasteiger partial charge in [-0.15, -0.1) is 0 Å².